The number of rotatable bonds is 3. The van der Waals surface area contributed by atoms with E-state index in [9.17, 15) is 5.11 Å². The standard InChI is InChI=1S/C13H18O2/c1-10-4-5-12(15-2)11(8-10)13(9-14)6-3-7-13/h4-5,8,14H,3,6-7,9H2,1-2H3. The first kappa shape index (κ1) is 10.5. The largest absolute Gasteiger partial charge is 0.496 e. The average molecular weight is 206 g/mol. The SMILES string of the molecule is COc1ccc(C)cc1C1(CO)CCC1. The molecule has 0 atom stereocenters. The fraction of sp³-hybridized carbons (Fsp3) is 0.538. The van der Waals surface area contributed by atoms with Crippen molar-refractivity contribution in [3.8, 4) is 5.75 Å². The van der Waals surface area contributed by atoms with Gasteiger partial charge < -0.3 is 9.84 Å². The molecule has 2 nitrogen and oxygen atoms in total. The Morgan fingerprint density at radius 2 is 2.13 bits per heavy atom. The van der Waals surface area contributed by atoms with Crippen LogP contribution in [0.5, 0.6) is 5.75 Å². The number of methoxy groups -OCH3 is 1. The predicted molar refractivity (Wildman–Crippen MR) is 60.3 cm³/mol. The van der Waals surface area contributed by atoms with Gasteiger partial charge in [0.05, 0.1) is 13.7 Å². The van der Waals surface area contributed by atoms with Crippen molar-refractivity contribution in [1.82, 2.24) is 0 Å². The van der Waals surface area contributed by atoms with Crippen LogP contribution in [0.3, 0.4) is 0 Å². The Balaban J connectivity index is 2.44. The van der Waals surface area contributed by atoms with Crippen LogP contribution < -0.4 is 4.74 Å². The summed E-state index contributed by atoms with van der Waals surface area (Å²) >= 11 is 0. The number of aliphatic hydroxyl groups excluding tert-OH is 1. The Morgan fingerprint density at radius 1 is 1.40 bits per heavy atom. The zero-order chi connectivity index (χ0) is 10.9. The van der Waals surface area contributed by atoms with Gasteiger partial charge in [-0.25, -0.2) is 0 Å². The molecular weight excluding hydrogens is 188 g/mol. The van der Waals surface area contributed by atoms with Crippen molar-refractivity contribution in [3.63, 3.8) is 0 Å². The van der Waals surface area contributed by atoms with Gasteiger partial charge in [0.1, 0.15) is 5.75 Å². The monoisotopic (exact) mass is 206 g/mol. The van der Waals surface area contributed by atoms with Crippen LogP contribution in [0, 0.1) is 6.92 Å². The Hall–Kier alpha value is -1.02. The normalized spacial score (nSPS) is 18.3. The Bertz CT molecular complexity index is 348. The van der Waals surface area contributed by atoms with E-state index in [1.165, 1.54) is 17.5 Å². The topological polar surface area (TPSA) is 29.5 Å². The molecule has 0 heterocycles. The van der Waals surface area contributed by atoms with Crippen LogP contribution in [0.1, 0.15) is 30.4 Å². The highest BCUT2D eigenvalue weighted by Gasteiger charge is 2.40. The van der Waals surface area contributed by atoms with E-state index in [0.29, 0.717) is 0 Å². The fourth-order valence-electron chi connectivity index (χ4n) is 2.35. The molecule has 1 N–H and O–H groups in total. The molecule has 2 rings (SSSR count). The number of hydrogen-bond acceptors (Lipinski definition) is 2. The van der Waals surface area contributed by atoms with Gasteiger partial charge in [-0.05, 0) is 25.8 Å². The lowest BCUT2D eigenvalue weighted by Crippen LogP contribution is -2.38. The lowest BCUT2D eigenvalue weighted by molar-refractivity contribution is 0.117. The summed E-state index contributed by atoms with van der Waals surface area (Å²) in [5.41, 5.74) is 2.38. The lowest BCUT2D eigenvalue weighted by atomic mass is 9.64. The summed E-state index contributed by atoms with van der Waals surface area (Å²) in [5, 5.41) is 9.55. The second-order valence-electron chi connectivity index (χ2n) is 4.50. The Morgan fingerprint density at radius 3 is 2.60 bits per heavy atom. The molecule has 0 aliphatic heterocycles. The maximum atomic E-state index is 9.55. The van der Waals surface area contributed by atoms with Crippen LogP contribution in [0.4, 0.5) is 0 Å². The summed E-state index contributed by atoms with van der Waals surface area (Å²) in [6.07, 6.45) is 3.35. The van der Waals surface area contributed by atoms with Crippen molar-refractivity contribution in [2.75, 3.05) is 13.7 Å². The van der Waals surface area contributed by atoms with Crippen LogP contribution in [0.15, 0.2) is 18.2 Å². The Labute approximate surface area is 90.9 Å². The third kappa shape index (κ3) is 1.63. The zero-order valence-electron chi connectivity index (χ0n) is 9.42. The molecule has 1 aliphatic carbocycles. The third-order valence-electron chi connectivity index (χ3n) is 3.54. The molecule has 0 spiro atoms. The average Bonchev–Trinajstić information content (AvgIpc) is 2.17. The van der Waals surface area contributed by atoms with E-state index in [2.05, 4.69) is 13.0 Å². The maximum Gasteiger partial charge on any atom is 0.122 e. The van der Waals surface area contributed by atoms with Gasteiger partial charge in [-0.15, -0.1) is 0 Å². The van der Waals surface area contributed by atoms with E-state index in [0.717, 1.165) is 18.6 Å². The molecule has 0 bridgehead atoms. The quantitative estimate of drug-likeness (QED) is 0.823. The van der Waals surface area contributed by atoms with Crippen molar-refractivity contribution in [2.45, 2.75) is 31.6 Å². The smallest absolute Gasteiger partial charge is 0.122 e. The summed E-state index contributed by atoms with van der Waals surface area (Å²) in [6, 6.07) is 6.20. The molecule has 0 amide bonds. The number of aryl methyl sites for hydroxylation is 1. The van der Waals surface area contributed by atoms with E-state index in [1.807, 2.05) is 12.1 Å². The molecule has 0 unspecified atom stereocenters. The number of ether oxygens (including phenoxy) is 1. The van der Waals surface area contributed by atoms with Crippen molar-refractivity contribution >= 4 is 0 Å². The summed E-state index contributed by atoms with van der Waals surface area (Å²) in [6.45, 7) is 2.31. The van der Waals surface area contributed by atoms with Crippen molar-refractivity contribution in [1.29, 1.82) is 0 Å². The van der Waals surface area contributed by atoms with E-state index in [1.54, 1.807) is 7.11 Å². The van der Waals surface area contributed by atoms with Gasteiger partial charge in [0.15, 0.2) is 0 Å². The number of aliphatic hydroxyl groups is 1. The second-order valence-corrected chi connectivity index (χ2v) is 4.50. The zero-order valence-corrected chi connectivity index (χ0v) is 9.42. The highest BCUT2D eigenvalue weighted by Crippen LogP contribution is 2.46. The van der Waals surface area contributed by atoms with Gasteiger partial charge in [0.25, 0.3) is 0 Å². The highest BCUT2D eigenvalue weighted by atomic mass is 16.5. The second kappa shape index (κ2) is 3.86. The summed E-state index contributed by atoms with van der Waals surface area (Å²) in [4.78, 5) is 0. The van der Waals surface area contributed by atoms with Crippen LogP contribution in [0.25, 0.3) is 0 Å². The van der Waals surface area contributed by atoms with Crippen LogP contribution >= 0.6 is 0 Å². The predicted octanol–water partition coefficient (Wildman–Crippen LogP) is 2.42. The van der Waals surface area contributed by atoms with Crippen LogP contribution in [-0.4, -0.2) is 18.8 Å². The number of hydrogen-bond donors (Lipinski definition) is 1. The van der Waals surface area contributed by atoms with E-state index in [4.69, 9.17) is 4.74 Å². The molecule has 0 aromatic heterocycles. The first-order valence-electron chi connectivity index (χ1n) is 5.48. The van der Waals surface area contributed by atoms with Crippen molar-refractivity contribution < 1.29 is 9.84 Å². The molecule has 0 saturated heterocycles. The molecule has 15 heavy (non-hydrogen) atoms. The summed E-state index contributed by atoms with van der Waals surface area (Å²) < 4.78 is 5.37. The molecule has 82 valence electrons. The summed E-state index contributed by atoms with van der Waals surface area (Å²) in [5.74, 6) is 0.911. The van der Waals surface area contributed by atoms with E-state index in [-0.39, 0.29) is 12.0 Å². The molecule has 2 heteroatoms. The summed E-state index contributed by atoms with van der Waals surface area (Å²) in [7, 11) is 1.69. The first-order chi connectivity index (χ1) is 7.22. The van der Waals surface area contributed by atoms with Gasteiger partial charge in [-0.3, -0.25) is 0 Å². The van der Waals surface area contributed by atoms with Gasteiger partial charge in [0, 0.05) is 11.0 Å². The lowest BCUT2D eigenvalue weighted by Gasteiger charge is -2.41. The minimum absolute atomic E-state index is 0.0304. The molecule has 0 radical (unpaired) electrons. The molecule has 1 fully saturated rings. The van der Waals surface area contributed by atoms with E-state index >= 15 is 0 Å². The molecule has 1 aromatic rings. The molecule has 1 aliphatic rings. The third-order valence-corrected chi connectivity index (χ3v) is 3.54. The number of benzene rings is 1. The van der Waals surface area contributed by atoms with Crippen LogP contribution in [-0.2, 0) is 5.41 Å². The van der Waals surface area contributed by atoms with Gasteiger partial charge >= 0.3 is 0 Å². The van der Waals surface area contributed by atoms with Crippen molar-refractivity contribution in [3.05, 3.63) is 29.3 Å². The van der Waals surface area contributed by atoms with Gasteiger partial charge in [0.2, 0.25) is 0 Å². The first-order valence-corrected chi connectivity index (χ1v) is 5.48. The van der Waals surface area contributed by atoms with Gasteiger partial charge in [-0.1, -0.05) is 24.1 Å². The van der Waals surface area contributed by atoms with Gasteiger partial charge in [-0.2, -0.15) is 0 Å². The fourth-order valence-corrected chi connectivity index (χ4v) is 2.35. The molecular formula is C13H18O2. The Kier molecular flexibility index (Phi) is 2.70. The maximum absolute atomic E-state index is 9.55. The van der Waals surface area contributed by atoms with Crippen LogP contribution in [0.2, 0.25) is 0 Å². The van der Waals surface area contributed by atoms with E-state index < -0.39 is 0 Å². The van der Waals surface area contributed by atoms with Crippen molar-refractivity contribution in [2.24, 2.45) is 0 Å². The molecule has 1 saturated carbocycles. The molecule has 1 aromatic carbocycles. The highest BCUT2D eigenvalue weighted by molar-refractivity contribution is 5.43. The minimum Gasteiger partial charge on any atom is -0.496 e. The minimum atomic E-state index is -0.0304.